The lowest BCUT2D eigenvalue weighted by Crippen LogP contribution is -2.21. The van der Waals surface area contributed by atoms with Gasteiger partial charge in [-0.2, -0.15) is 5.10 Å². The van der Waals surface area contributed by atoms with Gasteiger partial charge in [-0.3, -0.25) is 0 Å². The van der Waals surface area contributed by atoms with Crippen LogP contribution in [0, 0.1) is 13.8 Å². The van der Waals surface area contributed by atoms with Gasteiger partial charge >= 0.3 is 0 Å². The third kappa shape index (κ3) is 2.58. The minimum Gasteiger partial charge on any atom is -0.440 e. The topological polar surface area (TPSA) is 103 Å². The zero-order valence-corrected chi connectivity index (χ0v) is 7.48. The zero-order chi connectivity index (χ0) is 9.84. The minimum absolute atomic E-state index is 0.0925. The average Bonchev–Trinajstić information content (AvgIpc) is 2.29. The lowest BCUT2D eigenvalue weighted by molar-refractivity contribution is 0.515. The first-order chi connectivity index (χ1) is 6.09. The van der Waals surface area contributed by atoms with E-state index < -0.39 is 0 Å². The molecule has 0 spiro atoms. The summed E-state index contributed by atoms with van der Waals surface area (Å²) in [5.41, 5.74) is 10.9. The molecule has 0 aliphatic rings. The van der Waals surface area contributed by atoms with E-state index in [1.165, 1.54) is 6.21 Å². The van der Waals surface area contributed by atoms with Crippen LogP contribution in [0.15, 0.2) is 14.6 Å². The molecule has 0 aromatic carbocycles. The molecule has 1 heterocycles. The molecule has 1 rings (SSSR count). The molecule has 13 heavy (non-hydrogen) atoms. The largest absolute Gasteiger partial charge is 0.440 e. The monoisotopic (exact) mass is 181 g/mol. The van der Waals surface area contributed by atoms with Crippen LogP contribution in [0.5, 0.6) is 0 Å². The van der Waals surface area contributed by atoms with E-state index in [0.29, 0.717) is 11.7 Å². The van der Waals surface area contributed by atoms with E-state index in [2.05, 4.69) is 15.2 Å². The molecule has 0 radical (unpaired) electrons. The molecule has 4 N–H and O–H groups in total. The van der Waals surface area contributed by atoms with Crippen LogP contribution in [-0.2, 0) is 0 Å². The van der Waals surface area contributed by atoms with Crippen molar-refractivity contribution in [3.8, 4) is 0 Å². The van der Waals surface area contributed by atoms with Crippen LogP contribution in [0.2, 0.25) is 0 Å². The lowest BCUT2D eigenvalue weighted by atomic mass is 10.4. The lowest BCUT2D eigenvalue weighted by Gasteiger charge is -1.84. The third-order valence-corrected chi connectivity index (χ3v) is 1.29. The molecular weight excluding hydrogens is 170 g/mol. The Labute approximate surface area is 75.3 Å². The smallest absolute Gasteiger partial charge is 0.211 e. The summed E-state index contributed by atoms with van der Waals surface area (Å²) in [5.74, 6) is 1.05. The Morgan fingerprint density at radius 2 is 2.15 bits per heavy atom. The first-order valence-electron chi connectivity index (χ1n) is 3.65. The van der Waals surface area contributed by atoms with E-state index in [4.69, 9.17) is 15.9 Å². The fourth-order valence-corrected chi connectivity index (χ4v) is 0.815. The first-order valence-corrected chi connectivity index (χ1v) is 3.65. The van der Waals surface area contributed by atoms with Gasteiger partial charge in [0.25, 0.3) is 0 Å². The number of nitrogens with zero attached hydrogens (tertiary/aromatic N) is 3. The first kappa shape index (κ1) is 9.24. The molecule has 0 atom stereocenters. The molecule has 0 fully saturated rings. The summed E-state index contributed by atoms with van der Waals surface area (Å²) in [4.78, 5) is 4.04. The summed E-state index contributed by atoms with van der Waals surface area (Å²) >= 11 is 0. The van der Waals surface area contributed by atoms with Crippen molar-refractivity contribution >= 4 is 12.2 Å². The zero-order valence-electron chi connectivity index (χ0n) is 7.48. The molecule has 0 aliphatic carbocycles. The van der Waals surface area contributed by atoms with E-state index in [1.807, 2.05) is 6.92 Å². The highest BCUT2D eigenvalue weighted by Crippen LogP contribution is 2.05. The second-order valence-electron chi connectivity index (χ2n) is 2.45. The molecule has 70 valence electrons. The van der Waals surface area contributed by atoms with Gasteiger partial charge in [-0.25, -0.2) is 4.98 Å². The van der Waals surface area contributed by atoms with Gasteiger partial charge in [-0.15, -0.1) is 5.10 Å². The second kappa shape index (κ2) is 3.70. The number of aryl methyl sites for hydroxylation is 2. The molecule has 0 saturated heterocycles. The summed E-state index contributed by atoms with van der Waals surface area (Å²) in [6, 6.07) is 0. The van der Waals surface area contributed by atoms with Crippen LogP contribution in [-0.4, -0.2) is 17.2 Å². The van der Waals surface area contributed by atoms with Gasteiger partial charge < -0.3 is 15.9 Å². The van der Waals surface area contributed by atoms with Gasteiger partial charge in [-0.05, 0) is 6.92 Å². The van der Waals surface area contributed by atoms with E-state index in [9.17, 15) is 0 Å². The molecule has 1 aromatic heterocycles. The van der Waals surface area contributed by atoms with Crippen molar-refractivity contribution < 1.29 is 4.42 Å². The van der Waals surface area contributed by atoms with Crippen LogP contribution in [0.3, 0.4) is 0 Å². The summed E-state index contributed by atoms with van der Waals surface area (Å²) < 4.78 is 5.18. The molecule has 0 saturated carbocycles. The molecule has 0 bridgehead atoms. The van der Waals surface area contributed by atoms with Crippen LogP contribution < -0.4 is 11.5 Å². The number of oxazole rings is 1. The maximum Gasteiger partial charge on any atom is 0.211 e. The average molecular weight is 181 g/mol. The standard InChI is InChI=1S/C7H11N5O/c1-4-6(13-5(2)11-4)3-10-12-7(8)9/h3H,1-2H3,(H4,8,9,12)/b10-3+. The predicted molar refractivity (Wildman–Crippen MR) is 49.4 cm³/mol. The molecule has 6 heteroatoms. The Kier molecular flexibility index (Phi) is 2.63. The summed E-state index contributed by atoms with van der Waals surface area (Å²) in [6.45, 7) is 3.57. The van der Waals surface area contributed by atoms with E-state index in [-0.39, 0.29) is 5.96 Å². The summed E-state index contributed by atoms with van der Waals surface area (Å²) in [6.07, 6.45) is 1.41. The Morgan fingerprint density at radius 3 is 2.62 bits per heavy atom. The Balaban J connectivity index is 2.80. The molecule has 0 amide bonds. The summed E-state index contributed by atoms with van der Waals surface area (Å²) in [5, 5.41) is 7.02. The number of guanidine groups is 1. The van der Waals surface area contributed by atoms with Crippen LogP contribution >= 0.6 is 0 Å². The van der Waals surface area contributed by atoms with Crippen LogP contribution in [0.1, 0.15) is 17.3 Å². The fourth-order valence-electron chi connectivity index (χ4n) is 0.815. The van der Waals surface area contributed by atoms with Gasteiger partial charge in [-0.1, -0.05) is 0 Å². The van der Waals surface area contributed by atoms with Gasteiger partial charge in [0, 0.05) is 6.92 Å². The van der Waals surface area contributed by atoms with Crippen LogP contribution in [0.25, 0.3) is 0 Å². The van der Waals surface area contributed by atoms with Gasteiger partial charge in [0.15, 0.2) is 11.7 Å². The fraction of sp³-hybridized carbons (Fsp3) is 0.286. The van der Waals surface area contributed by atoms with Crippen molar-refractivity contribution in [2.45, 2.75) is 13.8 Å². The van der Waals surface area contributed by atoms with Crippen molar-refractivity contribution in [1.29, 1.82) is 0 Å². The normalized spacial score (nSPS) is 10.6. The van der Waals surface area contributed by atoms with Crippen molar-refractivity contribution in [2.75, 3.05) is 0 Å². The number of nitrogens with two attached hydrogens (primary N) is 2. The Bertz CT molecular complexity index is 348. The van der Waals surface area contributed by atoms with Gasteiger partial charge in [0.1, 0.15) is 0 Å². The molecule has 0 unspecified atom stereocenters. The van der Waals surface area contributed by atoms with E-state index in [1.54, 1.807) is 6.92 Å². The van der Waals surface area contributed by atoms with Crippen LogP contribution in [0.4, 0.5) is 0 Å². The third-order valence-electron chi connectivity index (χ3n) is 1.29. The number of aromatic nitrogens is 1. The second-order valence-corrected chi connectivity index (χ2v) is 2.45. The highest BCUT2D eigenvalue weighted by molar-refractivity contribution is 5.79. The minimum atomic E-state index is -0.0925. The molecule has 1 aromatic rings. The molecule has 6 nitrogen and oxygen atoms in total. The quantitative estimate of drug-likeness (QED) is 0.377. The predicted octanol–water partition coefficient (Wildman–Crippen LogP) is -0.101. The molecular formula is C7H11N5O. The van der Waals surface area contributed by atoms with E-state index >= 15 is 0 Å². The van der Waals surface area contributed by atoms with Crippen molar-refractivity contribution in [1.82, 2.24) is 4.98 Å². The highest BCUT2D eigenvalue weighted by atomic mass is 16.4. The van der Waals surface area contributed by atoms with Gasteiger partial charge in [0.05, 0.1) is 11.9 Å². The van der Waals surface area contributed by atoms with Crippen molar-refractivity contribution in [2.24, 2.45) is 21.7 Å². The SMILES string of the molecule is Cc1nc(C)c(/C=N/N=C(N)N)o1. The molecule has 0 aliphatic heterocycles. The Hall–Kier alpha value is -1.85. The van der Waals surface area contributed by atoms with Crippen molar-refractivity contribution in [3.63, 3.8) is 0 Å². The Morgan fingerprint density at radius 1 is 1.46 bits per heavy atom. The van der Waals surface area contributed by atoms with Gasteiger partial charge in [0.2, 0.25) is 5.96 Å². The number of rotatable bonds is 2. The number of hydrogen-bond acceptors (Lipinski definition) is 4. The van der Waals surface area contributed by atoms with E-state index in [0.717, 1.165) is 5.69 Å². The summed E-state index contributed by atoms with van der Waals surface area (Å²) in [7, 11) is 0. The highest BCUT2D eigenvalue weighted by Gasteiger charge is 2.02. The number of hydrogen-bond donors (Lipinski definition) is 2. The maximum atomic E-state index is 5.18. The maximum absolute atomic E-state index is 5.18. The van der Waals surface area contributed by atoms with Crippen molar-refractivity contribution in [3.05, 3.63) is 17.3 Å².